The molecule has 1 aromatic carbocycles. The van der Waals surface area contributed by atoms with Crippen molar-refractivity contribution in [3.63, 3.8) is 0 Å². The Morgan fingerprint density at radius 2 is 2.07 bits per heavy atom. The fourth-order valence-corrected chi connectivity index (χ4v) is 3.55. The van der Waals surface area contributed by atoms with Gasteiger partial charge in [-0.05, 0) is 42.5 Å². The van der Waals surface area contributed by atoms with E-state index in [2.05, 4.69) is 26.8 Å². The fraction of sp³-hybridized carbons (Fsp3) is 0.632. The topological polar surface area (TPSA) is 48.9 Å². The molecule has 1 heterocycles. The highest BCUT2D eigenvalue weighted by Gasteiger charge is 2.23. The second-order valence-electron chi connectivity index (χ2n) is 6.30. The Labute approximate surface area is 183 Å². The first-order valence-corrected chi connectivity index (χ1v) is 10.6. The molecule has 0 aliphatic carbocycles. The molecule has 1 unspecified atom stereocenters. The second kappa shape index (κ2) is 14.4. The number of hydrogen-bond acceptors (Lipinski definition) is 4. The first-order valence-electron chi connectivity index (χ1n) is 9.25. The van der Waals surface area contributed by atoms with Crippen molar-refractivity contribution in [3.05, 3.63) is 35.6 Å². The Bertz CT molecular complexity index is 558. The predicted molar refractivity (Wildman–Crippen MR) is 124 cm³/mol. The van der Waals surface area contributed by atoms with E-state index in [-0.39, 0.29) is 35.8 Å². The molecule has 0 bridgehead atoms. The van der Waals surface area contributed by atoms with Crippen LogP contribution < -0.4 is 10.6 Å². The van der Waals surface area contributed by atoms with Crippen molar-refractivity contribution in [1.82, 2.24) is 15.5 Å². The maximum Gasteiger partial charge on any atom is 0.191 e. The summed E-state index contributed by atoms with van der Waals surface area (Å²) in [5, 5.41) is 6.77. The Morgan fingerprint density at radius 1 is 1.30 bits per heavy atom. The largest absolute Gasteiger partial charge is 0.379 e. The van der Waals surface area contributed by atoms with Crippen LogP contribution in [0, 0.1) is 5.82 Å². The number of thioether (sulfide) groups is 1. The predicted octanol–water partition coefficient (Wildman–Crippen LogP) is 3.13. The van der Waals surface area contributed by atoms with E-state index in [1.54, 1.807) is 19.2 Å². The lowest BCUT2D eigenvalue weighted by Gasteiger charge is -2.35. The molecule has 5 nitrogen and oxygen atoms in total. The minimum atomic E-state index is -0.197. The number of guanidine groups is 1. The van der Waals surface area contributed by atoms with Gasteiger partial charge in [-0.25, -0.2) is 4.39 Å². The van der Waals surface area contributed by atoms with Gasteiger partial charge >= 0.3 is 0 Å². The summed E-state index contributed by atoms with van der Waals surface area (Å²) in [7, 11) is 1.78. The normalized spacial score (nSPS) is 16.5. The van der Waals surface area contributed by atoms with Gasteiger partial charge in [-0.15, -0.1) is 24.0 Å². The summed E-state index contributed by atoms with van der Waals surface area (Å²) >= 11 is 1.87. The molecule has 2 rings (SSSR count). The monoisotopic (exact) mass is 510 g/mol. The lowest BCUT2D eigenvalue weighted by Crippen LogP contribution is -2.46. The van der Waals surface area contributed by atoms with E-state index in [0.29, 0.717) is 19.8 Å². The Hall–Kier alpha value is -0.580. The molecule has 0 saturated carbocycles. The van der Waals surface area contributed by atoms with Gasteiger partial charge in [-0.2, -0.15) is 11.8 Å². The zero-order valence-electron chi connectivity index (χ0n) is 16.2. The minimum Gasteiger partial charge on any atom is -0.379 e. The van der Waals surface area contributed by atoms with E-state index in [1.165, 1.54) is 18.2 Å². The third kappa shape index (κ3) is 8.97. The zero-order valence-corrected chi connectivity index (χ0v) is 19.4. The van der Waals surface area contributed by atoms with Gasteiger partial charge in [0, 0.05) is 33.2 Å². The van der Waals surface area contributed by atoms with Gasteiger partial charge < -0.3 is 15.4 Å². The van der Waals surface area contributed by atoms with Crippen molar-refractivity contribution in [3.8, 4) is 0 Å². The number of rotatable bonds is 9. The summed E-state index contributed by atoms with van der Waals surface area (Å²) < 4.78 is 19.2. The third-order valence-electron chi connectivity index (χ3n) is 4.47. The smallest absolute Gasteiger partial charge is 0.191 e. The number of hydrogen-bond donors (Lipinski definition) is 2. The van der Waals surface area contributed by atoms with Gasteiger partial charge in [0.25, 0.3) is 0 Å². The number of nitrogens with one attached hydrogen (secondary N) is 2. The zero-order chi connectivity index (χ0) is 18.6. The number of halogens is 2. The Morgan fingerprint density at radius 3 is 2.74 bits per heavy atom. The van der Waals surface area contributed by atoms with Crippen molar-refractivity contribution in [2.75, 3.05) is 58.4 Å². The molecule has 1 aliphatic heterocycles. The van der Waals surface area contributed by atoms with E-state index in [4.69, 9.17) is 4.74 Å². The van der Waals surface area contributed by atoms with E-state index >= 15 is 0 Å². The third-order valence-corrected chi connectivity index (χ3v) is 5.17. The molecule has 1 atom stereocenters. The highest BCUT2D eigenvalue weighted by Crippen LogP contribution is 2.22. The van der Waals surface area contributed by atoms with Crippen LogP contribution in [0.1, 0.15) is 24.4 Å². The van der Waals surface area contributed by atoms with Crippen LogP contribution in [0.5, 0.6) is 0 Å². The van der Waals surface area contributed by atoms with Crippen molar-refractivity contribution < 1.29 is 9.13 Å². The average Bonchev–Trinajstić information content (AvgIpc) is 2.67. The van der Waals surface area contributed by atoms with Crippen LogP contribution in [0.3, 0.4) is 0 Å². The lowest BCUT2D eigenvalue weighted by atomic mass is 10.0. The van der Waals surface area contributed by atoms with Crippen molar-refractivity contribution in [2.45, 2.75) is 18.9 Å². The number of unbranched alkanes of at least 4 members (excludes halogenated alkanes) is 1. The van der Waals surface area contributed by atoms with Crippen LogP contribution in [0.25, 0.3) is 0 Å². The highest BCUT2D eigenvalue weighted by molar-refractivity contribution is 14.0. The van der Waals surface area contributed by atoms with Crippen LogP contribution in [0.15, 0.2) is 29.3 Å². The molecule has 8 heteroatoms. The number of benzene rings is 1. The van der Waals surface area contributed by atoms with Gasteiger partial charge in [0.15, 0.2) is 5.96 Å². The van der Waals surface area contributed by atoms with Gasteiger partial charge in [-0.3, -0.25) is 9.89 Å². The molecule has 1 fully saturated rings. The molecule has 154 valence electrons. The van der Waals surface area contributed by atoms with Gasteiger partial charge in [0.05, 0.1) is 19.3 Å². The number of morpholine rings is 1. The first kappa shape index (κ1) is 24.5. The molecule has 27 heavy (non-hydrogen) atoms. The molecule has 1 aliphatic rings. The van der Waals surface area contributed by atoms with E-state index in [9.17, 15) is 4.39 Å². The molecular formula is C19H32FIN4OS. The molecule has 1 aromatic rings. The van der Waals surface area contributed by atoms with E-state index < -0.39 is 0 Å². The van der Waals surface area contributed by atoms with Gasteiger partial charge in [0.1, 0.15) is 5.82 Å². The number of aliphatic imine (C=N–C) groups is 1. The molecule has 1 saturated heterocycles. The van der Waals surface area contributed by atoms with Crippen LogP contribution in [0.4, 0.5) is 4.39 Å². The first-order chi connectivity index (χ1) is 12.7. The lowest BCUT2D eigenvalue weighted by molar-refractivity contribution is 0.0169. The summed E-state index contributed by atoms with van der Waals surface area (Å²) in [6.07, 6.45) is 4.45. The van der Waals surface area contributed by atoms with Gasteiger partial charge in [0.2, 0.25) is 0 Å². The second-order valence-corrected chi connectivity index (χ2v) is 7.28. The van der Waals surface area contributed by atoms with Crippen LogP contribution >= 0.6 is 35.7 Å². The number of nitrogens with zero attached hydrogens (tertiary/aromatic N) is 2. The summed E-state index contributed by atoms with van der Waals surface area (Å²) in [6.45, 7) is 4.71. The maximum absolute atomic E-state index is 13.7. The van der Waals surface area contributed by atoms with E-state index in [0.717, 1.165) is 37.6 Å². The van der Waals surface area contributed by atoms with Crippen LogP contribution in [-0.4, -0.2) is 69.3 Å². The van der Waals surface area contributed by atoms with Crippen molar-refractivity contribution >= 4 is 41.7 Å². The minimum absolute atomic E-state index is 0. The Kier molecular flexibility index (Phi) is 13.1. The summed E-state index contributed by atoms with van der Waals surface area (Å²) in [5.74, 6) is 1.78. The SMILES string of the molecule is CN=C(NCCCCSC)NCC(c1cccc(F)c1)N1CCOCC1.I. The van der Waals surface area contributed by atoms with Crippen LogP contribution in [-0.2, 0) is 4.74 Å². The molecule has 0 spiro atoms. The Balaban J connectivity index is 0.00000364. The average molecular weight is 510 g/mol. The quantitative estimate of drug-likeness (QED) is 0.232. The molecule has 0 amide bonds. The maximum atomic E-state index is 13.7. The van der Waals surface area contributed by atoms with Crippen LogP contribution in [0.2, 0.25) is 0 Å². The fourth-order valence-electron chi connectivity index (χ4n) is 3.05. The van der Waals surface area contributed by atoms with Crippen molar-refractivity contribution in [1.29, 1.82) is 0 Å². The molecule has 2 N–H and O–H groups in total. The molecule has 0 radical (unpaired) electrons. The highest BCUT2D eigenvalue weighted by atomic mass is 127. The molecule has 0 aromatic heterocycles. The van der Waals surface area contributed by atoms with Gasteiger partial charge in [-0.1, -0.05) is 12.1 Å². The number of ether oxygens (including phenoxy) is 1. The van der Waals surface area contributed by atoms with Crippen molar-refractivity contribution in [2.24, 2.45) is 4.99 Å². The summed E-state index contributed by atoms with van der Waals surface area (Å²) in [4.78, 5) is 6.65. The molecular weight excluding hydrogens is 478 g/mol. The summed E-state index contributed by atoms with van der Waals surface area (Å²) in [5.41, 5.74) is 0.981. The summed E-state index contributed by atoms with van der Waals surface area (Å²) in [6, 6.07) is 6.97. The van der Waals surface area contributed by atoms with E-state index in [1.807, 2.05) is 17.8 Å². The standard InChI is InChI=1S/C19H31FN4OS.HI/c1-21-19(22-8-3-4-13-26-2)23-15-18(24-9-11-25-12-10-24)16-6-5-7-17(20)14-16;/h5-7,14,18H,3-4,8-13,15H2,1-2H3,(H2,21,22,23);1H.